The minimum atomic E-state index is -0.425. The van der Waals surface area contributed by atoms with Gasteiger partial charge in [-0.2, -0.15) is 0 Å². The molecule has 1 unspecified atom stereocenters. The number of ether oxygens (including phenoxy) is 3. The topological polar surface area (TPSA) is 65.1 Å². The van der Waals surface area contributed by atoms with Gasteiger partial charge in [0.15, 0.2) is 0 Å². The molecule has 0 aromatic heterocycles. The molecule has 0 aliphatic rings. The van der Waals surface area contributed by atoms with E-state index in [1.807, 2.05) is 13.8 Å². The van der Waals surface area contributed by atoms with Crippen LogP contribution in [-0.4, -0.2) is 69.8 Å². The maximum absolute atomic E-state index is 11.8. The highest BCUT2D eigenvalue weighted by molar-refractivity contribution is 5.80. The van der Waals surface area contributed by atoms with Crippen LogP contribution in [0.15, 0.2) is 0 Å². The number of carbonyl (C=O) groups excluding carboxylic acids is 2. The molecule has 6 nitrogen and oxygen atoms in total. The minimum Gasteiger partial charge on any atom is -0.377 e. The number of hydrogen-bond donors (Lipinski definition) is 0. The molecule has 0 rings (SSSR count). The summed E-state index contributed by atoms with van der Waals surface area (Å²) in [6, 6.07) is -0.425. The molecule has 120 valence electrons. The number of carbonyl (C=O) groups is 2. The van der Waals surface area contributed by atoms with E-state index in [2.05, 4.69) is 5.92 Å². The van der Waals surface area contributed by atoms with Crippen LogP contribution in [0.3, 0.4) is 0 Å². The van der Waals surface area contributed by atoms with E-state index in [0.717, 1.165) is 6.29 Å². The molecular weight excluding hydrogens is 274 g/mol. The van der Waals surface area contributed by atoms with E-state index in [1.54, 1.807) is 7.05 Å². The van der Waals surface area contributed by atoms with Gasteiger partial charge >= 0.3 is 0 Å². The van der Waals surface area contributed by atoms with E-state index in [1.165, 1.54) is 4.90 Å². The van der Waals surface area contributed by atoms with Gasteiger partial charge in [0.1, 0.15) is 19.5 Å². The number of likely N-dealkylation sites (N-methyl/N-ethyl adjacent to an activating group) is 1. The van der Waals surface area contributed by atoms with Crippen LogP contribution in [0, 0.1) is 18.3 Å². The van der Waals surface area contributed by atoms with Crippen molar-refractivity contribution in [1.29, 1.82) is 0 Å². The third-order valence-corrected chi connectivity index (χ3v) is 2.82. The van der Waals surface area contributed by atoms with Crippen LogP contribution >= 0.6 is 0 Å². The van der Waals surface area contributed by atoms with Crippen molar-refractivity contribution in [2.45, 2.75) is 19.9 Å². The van der Waals surface area contributed by atoms with Crippen molar-refractivity contribution in [3.8, 4) is 12.3 Å². The molecule has 21 heavy (non-hydrogen) atoms. The SMILES string of the molecule is C#CCOCCOCCOCC(=O)N(C)C(C=O)C(C)C. The van der Waals surface area contributed by atoms with E-state index >= 15 is 0 Å². The fourth-order valence-electron chi connectivity index (χ4n) is 1.59. The molecule has 0 spiro atoms. The monoisotopic (exact) mass is 299 g/mol. The van der Waals surface area contributed by atoms with Crippen LogP contribution in [0.4, 0.5) is 0 Å². The average Bonchev–Trinajstić information content (AvgIpc) is 2.45. The summed E-state index contributed by atoms with van der Waals surface area (Å²) in [6.07, 6.45) is 5.80. The van der Waals surface area contributed by atoms with Crippen molar-refractivity contribution in [2.75, 3.05) is 46.7 Å². The van der Waals surface area contributed by atoms with Gasteiger partial charge in [-0.1, -0.05) is 19.8 Å². The lowest BCUT2D eigenvalue weighted by Gasteiger charge is -2.26. The molecule has 0 bridgehead atoms. The summed E-state index contributed by atoms with van der Waals surface area (Å²) in [5.74, 6) is 2.20. The quantitative estimate of drug-likeness (QED) is 0.296. The first-order valence-corrected chi connectivity index (χ1v) is 6.92. The van der Waals surface area contributed by atoms with Crippen molar-refractivity contribution in [3.63, 3.8) is 0 Å². The molecule has 0 saturated heterocycles. The zero-order valence-corrected chi connectivity index (χ0v) is 13.0. The van der Waals surface area contributed by atoms with Gasteiger partial charge in [-0.3, -0.25) is 4.79 Å². The van der Waals surface area contributed by atoms with Crippen LogP contribution in [0.25, 0.3) is 0 Å². The Labute approximate surface area is 126 Å². The molecule has 0 aliphatic heterocycles. The van der Waals surface area contributed by atoms with Crippen molar-refractivity contribution < 1.29 is 23.8 Å². The maximum Gasteiger partial charge on any atom is 0.248 e. The van der Waals surface area contributed by atoms with E-state index < -0.39 is 6.04 Å². The third kappa shape index (κ3) is 9.19. The summed E-state index contributed by atoms with van der Waals surface area (Å²) in [6.45, 7) is 5.53. The van der Waals surface area contributed by atoms with E-state index in [9.17, 15) is 9.59 Å². The van der Waals surface area contributed by atoms with Crippen LogP contribution in [0.2, 0.25) is 0 Å². The Morgan fingerprint density at radius 3 is 2.29 bits per heavy atom. The molecule has 6 heteroatoms. The van der Waals surface area contributed by atoms with Crippen LogP contribution in [-0.2, 0) is 23.8 Å². The number of nitrogens with zero attached hydrogens (tertiary/aromatic N) is 1. The second kappa shape index (κ2) is 12.3. The Balaban J connectivity index is 3.66. The molecule has 0 heterocycles. The molecule has 0 aliphatic carbocycles. The number of aldehydes is 1. The van der Waals surface area contributed by atoms with Gasteiger partial charge in [0.05, 0.1) is 32.5 Å². The van der Waals surface area contributed by atoms with Gasteiger partial charge in [0, 0.05) is 7.05 Å². The predicted molar refractivity (Wildman–Crippen MR) is 78.8 cm³/mol. The number of hydrogen-bond acceptors (Lipinski definition) is 5. The molecule has 0 saturated carbocycles. The summed E-state index contributed by atoms with van der Waals surface area (Å²) in [7, 11) is 1.60. The van der Waals surface area contributed by atoms with Crippen LogP contribution < -0.4 is 0 Å². The maximum atomic E-state index is 11.8. The number of rotatable bonds is 12. The zero-order valence-electron chi connectivity index (χ0n) is 13.0. The van der Waals surface area contributed by atoms with E-state index in [-0.39, 0.29) is 25.0 Å². The minimum absolute atomic E-state index is 0.0650. The molecule has 0 fully saturated rings. The normalized spacial score (nSPS) is 12.0. The van der Waals surface area contributed by atoms with Crippen molar-refractivity contribution in [3.05, 3.63) is 0 Å². The second-order valence-corrected chi connectivity index (χ2v) is 4.80. The lowest BCUT2D eigenvalue weighted by molar-refractivity contribution is -0.140. The predicted octanol–water partition coefficient (Wildman–Crippen LogP) is 0.351. The van der Waals surface area contributed by atoms with Gasteiger partial charge in [-0.15, -0.1) is 6.42 Å². The van der Waals surface area contributed by atoms with Gasteiger partial charge < -0.3 is 23.9 Å². The molecule has 1 amide bonds. The first-order chi connectivity index (χ1) is 10.0. The summed E-state index contributed by atoms with van der Waals surface area (Å²) >= 11 is 0. The highest BCUT2D eigenvalue weighted by Gasteiger charge is 2.22. The largest absolute Gasteiger partial charge is 0.377 e. The molecule has 1 atom stereocenters. The number of terminal acetylenes is 1. The van der Waals surface area contributed by atoms with Crippen molar-refractivity contribution in [1.82, 2.24) is 4.90 Å². The Kier molecular flexibility index (Phi) is 11.5. The first-order valence-electron chi connectivity index (χ1n) is 6.92. The molecule has 0 aromatic rings. The summed E-state index contributed by atoms with van der Waals surface area (Å²) < 4.78 is 15.5. The van der Waals surface area contributed by atoms with Crippen LogP contribution in [0.1, 0.15) is 13.8 Å². The van der Waals surface area contributed by atoms with Crippen molar-refractivity contribution in [2.24, 2.45) is 5.92 Å². The summed E-state index contributed by atoms with van der Waals surface area (Å²) in [5.41, 5.74) is 0. The number of amides is 1. The summed E-state index contributed by atoms with van der Waals surface area (Å²) in [5, 5.41) is 0. The summed E-state index contributed by atoms with van der Waals surface area (Å²) in [4.78, 5) is 24.2. The second-order valence-electron chi connectivity index (χ2n) is 4.80. The smallest absolute Gasteiger partial charge is 0.248 e. The van der Waals surface area contributed by atoms with Crippen LogP contribution in [0.5, 0.6) is 0 Å². The molecule has 0 N–H and O–H groups in total. The van der Waals surface area contributed by atoms with Gasteiger partial charge in [-0.25, -0.2) is 0 Å². The Morgan fingerprint density at radius 1 is 1.19 bits per heavy atom. The fourth-order valence-corrected chi connectivity index (χ4v) is 1.59. The Morgan fingerprint density at radius 2 is 1.76 bits per heavy atom. The van der Waals surface area contributed by atoms with Gasteiger partial charge in [0.2, 0.25) is 5.91 Å². The van der Waals surface area contributed by atoms with E-state index in [0.29, 0.717) is 26.4 Å². The standard InChI is InChI=1S/C15H25NO5/c1-5-6-19-7-8-20-9-10-21-12-15(18)16(4)14(11-17)13(2)3/h1,11,13-14H,6-10,12H2,2-4H3. The lowest BCUT2D eigenvalue weighted by Crippen LogP contribution is -2.43. The molecule has 0 radical (unpaired) electrons. The van der Waals surface area contributed by atoms with Gasteiger partial charge in [-0.05, 0) is 5.92 Å². The third-order valence-electron chi connectivity index (χ3n) is 2.82. The lowest BCUT2D eigenvalue weighted by atomic mass is 10.0. The van der Waals surface area contributed by atoms with Gasteiger partial charge in [0.25, 0.3) is 0 Å². The van der Waals surface area contributed by atoms with Crippen molar-refractivity contribution >= 4 is 12.2 Å². The highest BCUT2D eigenvalue weighted by Crippen LogP contribution is 2.06. The Bertz CT molecular complexity index is 337. The van der Waals surface area contributed by atoms with E-state index in [4.69, 9.17) is 20.6 Å². The Hall–Kier alpha value is -1.42. The fraction of sp³-hybridized carbons (Fsp3) is 0.733. The molecule has 0 aromatic carbocycles. The zero-order chi connectivity index (χ0) is 16.1. The average molecular weight is 299 g/mol. The first kappa shape index (κ1) is 19.6. The highest BCUT2D eigenvalue weighted by atomic mass is 16.5. The molecular formula is C15H25NO5.